The molecule has 0 saturated heterocycles. The van der Waals surface area contributed by atoms with E-state index in [9.17, 15) is 0 Å². The molecule has 6 aromatic rings. The summed E-state index contributed by atoms with van der Waals surface area (Å²) in [6, 6.07) is 37.6. The van der Waals surface area contributed by atoms with E-state index in [2.05, 4.69) is 379 Å². The number of thiophene rings is 2. The van der Waals surface area contributed by atoms with Gasteiger partial charge in [-0.1, -0.05) is 438 Å². The van der Waals surface area contributed by atoms with Crippen LogP contribution in [0.25, 0.3) is 10.1 Å². The van der Waals surface area contributed by atoms with Crippen LogP contribution in [0.2, 0.25) is 0 Å². The van der Waals surface area contributed by atoms with E-state index in [-0.39, 0.29) is 82.5 Å². The molecule has 2 heteroatoms. The second kappa shape index (κ2) is 42.6. The first-order valence-corrected chi connectivity index (χ1v) is 40.6. The van der Waals surface area contributed by atoms with E-state index < -0.39 is 0 Å². The minimum atomic E-state index is 0. The summed E-state index contributed by atoms with van der Waals surface area (Å²) < 4.78 is 1.42. The van der Waals surface area contributed by atoms with E-state index >= 15 is 0 Å². The summed E-state index contributed by atoms with van der Waals surface area (Å²) in [5, 5.41) is 3.65. The van der Waals surface area contributed by atoms with Crippen LogP contribution in [0.3, 0.4) is 0 Å². The number of hydrogen-bond acceptors (Lipinski definition) is 2. The van der Waals surface area contributed by atoms with E-state index in [1.807, 2.05) is 22.7 Å². The molecular formula is C102H184S2. The SMILES string of the molecule is C.C.C.C.C.C.CC(C)(C)Cc1cccc(C(C)(C)C)c1.CC(C)(C)Cc1ccccc1C(C)(C)C.CC(C)(C)c1ccsc1C(C)(C)C.CC(C)(C)c1sc2ccccc2c1C(C)(C)C.CC(C)C1(C(C)(C)C)CCCC1.CC(C)C1(C(C)(C)C)CCCCC1.CC(C)c1ccccc1C(C)(C)C. The van der Waals surface area contributed by atoms with Gasteiger partial charge >= 0.3 is 0 Å². The van der Waals surface area contributed by atoms with Crippen LogP contribution < -0.4 is 0 Å². The third-order valence-corrected chi connectivity index (χ3v) is 24.0. The Hall–Kier alpha value is -3.46. The maximum Gasteiger partial charge on any atom is 0.0348 e. The van der Waals surface area contributed by atoms with Gasteiger partial charge in [-0.3, -0.25) is 0 Å². The molecule has 0 N–H and O–H groups in total. The first-order valence-electron chi connectivity index (χ1n) is 38.9. The molecule has 0 atom stereocenters. The first kappa shape index (κ1) is 109. The minimum absolute atomic E-state index is 0. The zero-order chi connectivity index (χ0) is 76.1. The zero-order valence-corrected chi connectivity index (χ0v) is 73.9. The van der Waals surface area contributed by atoms with Crippen molar-refractivity contribution in [1.29, 1.82) is 0 Å². The summed E-state index contributed by atoms with van der Waals surface area (Å²) in [5.41, 5.74) is 16.6. The van der Waals surface area contributed by atoms with Gasteiger partial charge in [-0.05, 0) is 194 Å². The van der Waals surface area contributed by atoms with Gasteiger partial charge in [0.15, 0.2) is 0 Å². The molecule has 0 radical (unpaired) electrons. The van der Waals surface area contributed by atoms with Crippen molar-refractivity contribution in [3.63, 3.8) is 0 Å². The Morgan fingerprint density at radius 2 is 0.731 bits per heavy atom. The number of rotatable bonds is 5. The maximum absolute atomic E-state index is 2.43. The molecule has 2 heterocycles. The molecule has 104 heavy (non-hydrogen) atoms. The van der Waals surface area contributed by atoms with Gasteiger partial charge in [0.1, 0.15) is 0 Å². The summed E-state index contributed by atoms with van der Waals surface area (Å²) in [7, 11) is 0. The fraction of sp³-hybridized carbons (Fsp3) is 0.706. The van der Waals surface area contributed by atoms with Crippen molar-refractivity contribution in [2.24, 2.45) is 44.3 Å². The summed E-state index contributed by atoms with van der Waals surface area (Å²) in [5.74, 6) is 2.31. The third kappa shape index (κ3) is 33.8. The summed E-state index contributed by atoms with van der Waals surface area (Å²) in [6.45, 7) is 90.5. The zero-order valence-electron chi connectivity index (χ0n) is 72.2. The Balaban J connectivity index is -0.000000364. The lowest BCUT2D eigenvalue weighted by atomic mass is 9.54. The molecule has 2 aromatic heterocycles. The average Bonchev–Trinajstić information content (AvgIpc) is 1.57. The van der Waals surface area contributed by atoms with Crippen LogP contribution in [0.15, 0.2) is 109 Å². The van der Waals surface area contributed by atoms with Crippen LogP contribution in [0, 0.1) is 44.3 Å². The van der Waals surface area contributed by atoms with Crippen LogP contribution in [-0.2, 0) is 50.7 Å². The van der Waals surface area contributed by atoms with Crippen molar-refractivity contribution in [3.05, 3.63) is 163 Å². The van der Waals surface area contributed by atoms with Crippen molar-refractivity contribution in [2.45, 2.75) is 429 Å². The first-order chi connectivity index (χ1) is 44.0. The fourth-order valence-corrected chi connectivity index (χ4v) is 18.5. The predicted octanol–water partition coefficient (Wildman–Crippen LogP) is 35.8. The Kier molecular flexibility index (Phi) is 44.8. The van der Waals surface area contributed by atoms with Gasteiger partial charge in [0.25, 0.3) is 0 Å². The van der Waals surface area contributed by atoms with Crippen LogP contribution >= 0.6 is 22.7 Å². The monoisotopic (exact) mass is 1470 g/mol. The summed E-state index contributed by atoms with van der Waals surface area (Å²) in [4.78, 5) is 3.06. The fourth-order valence-electron chi connectivity index (χ4n) is 15.8. The summed E-state index contributed by atoms with van der Waals surface area (Å²) in [6.07, 6.45) is 15.4. The lowest BCUT2D eigenvalue weighted by molar-refractivity contribution is -0.00866. The summed E-state index contributed by atoms with van der Waals surface area (Å²) >= 11 is 3.84. The molecule has 0 nitrogen and oxygen atoms in total. The number of benzene rings is 4. The van der Waals surface area contributed by atoms with Gasteiger partial charge in [0.2, 0.25) is 0 Å². The second-order valence-electron chi connectivity index (χ2n) is 42.7. The predicted molar refractivity (Wildman–Crippen MR) is 492 cm³/mol. The second-order valence-corrected chi connectivity index (χ2v) is 44.6. The van der Waals surface area contributed by atoms with Crippen molar-refractivity contribution < 1.29 is 0 Å². The van der Waals surface area contributed by atoms with Crippen LogP contribution in [0.1, 0.15) is 433 Å². The molecule has 0 spiro atoms. The lowest BCUT2D eigenvalue weighted by Gasteiger charge is -2.51. The van der Waals surface area contributed by atoms with Crippen LogP contribution in [0.4, 0.5) is 0 Å². The molecule has 0 unspecified atom stereocenters. The highest BCUT2D eigenvalue weighted by atomic mass is 32.1. The molecular weight excluding hydrogens is 1290 g/mol. The van der Waals surface area contributed by atoms with Gasteiger partial charge in [-0.2, -0.15) is 0 Å². The maximum atomic E-state index is 2.43. The Bertz CT molecular complexity index is 3210. The molecule has 0 amide bonds. The van der Waals surface area contributed by atoms with Crippen molar-refractivity contribution in [3.8, 4) is 0 Å². The van der Waals surface area contributed by atoms with Crippen LogP contribution in [0.5, 0.6) is 0 Å². The van der Waals surface area contributed by atoms with E-state index in [0.29, 0.717) is 38.4 Å². The van der Waals surface area contributed by atoms with E-state index in [1.165, 1.54) is 122 Å². The molecule has 0 bridgehead atoms. The molecule has 0 aliphatic heterocycles. The standard InChI is InChI=1S/C16H22S.2C15H24.C13H26.C13H20.C12H20S.C12H24.6CH4/c1-15(2,3)13-11-9-7-8-10-12(11)17-14(13)16(4,5)6;1-14(2,3)11-12-8-7-9-13(10-12)15(4,5)6;1-14(2,3)11-12-9-7-8-10-13(12)15(4,5)6;1-11(2)13(12(3,4)5)9-7-6-8-10-13;1-10(2)11-8-6-7-9-12(11)13(3,4)5;1-11(2,3)9-7-8-13-10(9)12(4,5)6;1-10(2)12(11(3,4)5)8-6-7-9-12;;;;;;/h7-10H,1-6H3;2*7-10H,11H2,1-6H3;11H,6-10H2,1-5H3;6-10H,1-5H3;7-8H,1-6H3;10H,6-9H2,1-5H3;6*1H4. The van der Waals surface area contributed by atoms with E-state index in [0.717, 1.165) is 24.7 Å². The molecule has 8 rings (SSSR count). The smallest absolute Gasteiger partial charge is 0.0348 e. The highest BCUT2D eigenvalue weighted by molar-refractivity contribution is 7.19. The Labute approximate surface area is 664 Å². The highest BCUT2D eigenvalue weighted by Crippen LogP contribution is 2.56. The minimum Gasteiger partial charge on any atom is -0.148 e. The number of fused-ring (bicyclic) bond motifs is 1. The molecule has 2 fully saturated rings. The van der Waals surface area contributed by atoms with Crippen molar-refractivity contribution in [2.75, 3.05) is 0 Å². The molecule has 2 aliphatic rings. The topological polar surface area (TPSA) is 0 Å². The third-order valence-electron chi connectivity index (χ3n) is 21.1. The van der Waals surface area contributed by atoms with Gasteiger partial charge in [-0.15, -0.1) is 22.7 Å². The molecule has 604 valence electrons. The quantitative estimate of drug-likeness (QED) is 0.161. The van der Waals surface area contributed by atoms with Gasteiger partial charge in [0.05, 0.1) is 0 Å². The lowest BCUT2D eigenvalue weighted by Crippen LogP contribution is -2.41. The molecule has 2 saturated carbocycles. The van der Waals surface area contributed by atoms with E-state index in [1.54, 1.807) is 0 Å². The Morgan fingerprint density at radius 1 is 0.346 bits per heavy atom. The largest absolute Gasteiger partial charge is 0.148 e. The van der Waals surface area contributed by atoms with Crippen molar-refractivity contribution in [1.82, 2.24) is 0 Å². The van der Waals surface area contributed by atoms with Crippen LogP contribution in [-0.4, -0.2) is 0 Å². The number of hydrogen-bond donors (Lipinski definition) is 0. The molecule has 4 aromatic carbocycles. The van der Waals surface area contributed by atoms with E-state index in [4.69, 9.17) is 0 Å². The Morgan fingerprint density at radius 3 is 1.07 bits per heavy atom. The average molecular weight is 1470 g/mol. The van der Waals surface area contributed by atoms with Gasteiger partial charge in [0, 0.05) is 14.5 Å². The van der Waals surface area contributed by atoms with Gasteiger partial charge in [-0.25, -0.2) is 0 Å². The normalized spacial score (nSPS) is 14.8. The van der Waals surface area contributed by atoms with Crippen molar-refractivity contribution >= 4 is 32.8 Å². The molecule has 2 aliphatic carbocycles. The van der Waals surface area contributed by atoms with Gasteiger partial charge < -0.3 is 0 Å². The highest BCUT2D eigenvalue weighted by Gasteiger charge is 2.46.